The van der Waals surface area contributed by atoms with E-state index in [0.29, 0.717) is 12.5 Å². The molecule has 1 aromatic rings. The Balaban J connectivity index is 2.18. The van der Waals surface area contributed by atoms with E-state index in [2.05, 4.69) is 16.8 Å². The van der Waals surface area contributed by atoms with Gasteiger partial charge < -0.3 is 9.88 Å². The molecule has 0 bridgehead atoms. The van der Waals surface area contributed by atoms with Crippen LogP contribution in [0.4, 0.5) is 0 Å². The number of piperidine rings is 1. The van der Waals surface area contributed by atoms with Gasteiger partial charge in [0.15, 0.2) is 5.78 Å². The predicted octanol–water partition coefficient (Wildman–Crippen LogP) is 0.471. The van der Waals surface area contributed by atoms with E-state index < -0.39 is 11.2 Å². The van der Waals surface area contributed by atoms with Crippen LogP contribution in [0.1, 0.15) is 37.0 Å². The lowest BCUT2D eigenvalue weighted by Crippen LogP contribution is -2.42. The third-order valence-corrected chi connectivity index (χ3v) is 4.04. The van der Waals surface area contributed by atoms with E-state index in [1.807, 2.05) is 0 Å². The van der Waals surface area contributed by atoms with Gasteiger partial charge in [0.05, 0.1) is 5.56 Å². The van der Waals surface area contributed by atoms with Crippen molar-refractivity contribution in [3.63, 3.8) is 0 Å². The Kier molecular flexibility index (Phi) is 4.54. The maximum absolute atomic E-state index is 12.1. The minimum atomic E-state index is -0.473. The molecule has 2 heterocycles. The molecule has 1 aliphatic heterocycles. The molecule has 0 aliphatic carbocycles. The number of aromatic amines is 1. The molecule has 1 aromatic heterocycles. The van der Waals surface area contributed by atoms with E-state index >= 15 is 0 Å². The van der Waals surface area contributed by atoms with Gasteiger partial charge >= 0.3 is 5.69 Å². The molecule has 0 atom stereocenters. The molecule has 0 unspecified atom stereocenters. The number of ketones is 1. The average molecular weight is 279 g/mol. The minimum absolute atomic E-state index is 0.0515. The smallest absolute Gasteiger partial charge is 0.313 e. The van der Waals surface area contributed by atoms with Gasteiger partial charge in [0.25, 0.3) is 5.56 Å². The Hall–Kier alpha value is -1.69. The largest absolute Gasteiger partial charge is 0.328 e. The van der Waals surface area contributed by atoms with Crippen molar-refractivity contribution in [2.45, 2.75) is 33.2 Å². The van der Waals surface area contributed by atoms with E-state index in [9.17, 15) is 14.4 Å². The molecule has 1 fully saturated rings. The number of carbonyl (C=O) groups is 1. The number of carbonyl (C=O) groups excluding carboxylic acids is 1. The third kappa shape index (κ3) is 3.07. The van der Waals surface area contributed by atoms with Gasteiger partial charge in [-0.25, -0.2) is 4.79 Å². The van der Waals surface area contributed by atoms with Crippen LogP contribution in [0.2, 0.25) is 0 Å². The van der Waals surface area contributed by atoms with E-state index in [0.717, 1.165) is 32.5 Å². The van der Waals surface area contributed by atoms with E-state index in [1.54, 1.807) is 0 Å². The van der Waals surface area contributed by atoms with E-state index in [4.69, 9.17) is 0 Å². The summed E-state index contributed by atoms with van der Waals surface area (Å²) in [6.45, 7) is 6.89. The number of nitrogens with one attached hydrogen (secondary N) is 1. The summed E-state index contributed by atoms with van der Waals surface area (Å²) in [6.07, 6.45) is 3.16. The molecule has 1 N–H and O–H groups in total. The van der Waals surface area contributed by atoms with Gasteiger partial charge in [0, 0.05) is 12.7 Å². The number of nitrogens with zero attached hydrogens (tertiary/aromatic N) is 2. The molecule has 2 rings (SSSR count). The molecule has 6 nitrogen and oxygen atoms in total. The zero-order chi connectivity index (χ0) is 14.7. The number of H-pyrrole nitrogens is 1. The zero-order valence-corrected chi connectivity index (χ0v) is 12.0. The summed E-state index contributed by atoms with van der Waals surface area (Å²) in [4.78, 5) is 40.1. The van der Waals surface area contributed by atoms with Crippen LogP contribution in [-0.2, 0) is 6.54 Å². The second kappa shape index (κ2) is 6.17. The normalized spacial score (nSPS) is 17.3. The number of rotatable bonds is 4. The maximum atomic E-state index is 12.1. The highest BCUT2D eigenvalue weighted by Gasteiger charge is 2.20. The summed E-state index contributed by atoms with van der Waals surface area (Å²) in [6, 6.07) is 0. The molecule has 20 heavy (non-hydrogen) atoms. The zero-order valence-electron chi connectivity index (χ0n) is 12.0. The molecule has 6 heteroatoms. The summed E-state index contributed by atoms with van der Waals surface area (Å²) in [7, 11) is 0. The van der Waals surface area contributed by atoms with Crippen LogP contribution in [0.3, 0.4) is 0 Å². The molecule has 0 saturated carbocycles. The van der Waals surface area contributed by atoms with Crippen LogP contribution in [0.25, 0.3) is 0 Å². The van der Waals surface area contributed by atoms with Gasteiger partial charge in [-0.3, -0.25) is 14.2 Å². The average Bonchev–Trinajstić information content (AvgIpc) is 2.43. The molecular weight excluding hydrogens is 258 g/mol. The number of Topliss-reactive ketones (excluding diaryl/α,β-unsaturated/α-hetero) is 1. The third-order valence-electron chi connectivity index (χ3n) is 4.04. The van der Waals surface area contributed by atoms with Crippen LogP contribution in [0.5, 0.6) is 0 Å². The van der Waals surface area contributed by atoms with E-state index in [1.165, 1.54) is 17.7 Å². The van der Waals surface area contributed by atoms with Gasteiger partial charge in [-0.05, 0) is 45.3 Å². The van der Waals surface area contributed by atoms with Gasteiger partial charge in [0.2, 0.25) is 0 Å². The van der Waals surface area contributed by atoms with Crippen molar-refractivity contribution >= 4 is 5.78 Å². The summed E-state index contributed by atoms with van der Waals surface area (Å²) in [5.41, 5.74) is -0.854. The fourth-order valence-electron chi connectivity index (χ4n) is 2.67. The molecule has 110 valence electrons. The van der Waals surface area contributed by atoms with Crippen LogP contribution in [-0.4, -0.2) is 39.9 Å². The number of hydrogen-bond donors (Lipinski definition) is 1. The highest BCUT2D eigenvalue weighted by Crippen LogP contribution is 2.17. The van der Waals surface area contributed by atoms with Gasteiger partial charge in [-0.15, -0.1) is 0 Å². The summed E-state index contributed by atoms with van der Waals surface area (Å²) < 4.78 is 1.17. The first-order valence-electron chi connectivity index (χ1n) is 7.08. The number of hydrogen-bond acceptors (Lipinski definition) is 4. The highest BCUT2D eigenvalue weighted by atomic mass is 16.2. The lowest BCUT2D eigenvalue weighted by Gasteiger charge is -2.31. The van der Waals surface area contributed by atoms with Gasteiger partial charge in [0.1, 0.15) is 0 Å². The minimum Gasteiger partial charge on any atom is -0.313 e. The first kappa shape index (κ1) is 14.7. The summed E-state index contributed by atoms with van der Waals surface area (Å²) in [5.74, 6) is -0.000361. The number of aromatic nitrogens is 2. The van der Waals surface area contributed by atoms with Gasteiger partial charge in [-0.1, -0.05) is 6.92 Å². The lowest BCUT2D eigenvalue weighted by molar-refractivity contribution is 0.101. The Morgan fingerprint density at radius 1 is 1.35 bits per heavy atom. The summed E-state index contributed by atoms with van der Waals surface area (Å²) in [5, 5.41) is 0. The van der Waals surface area contributed by atoms with Gasteiger partial charge in [-0.2, -0.15) is 0 Å². The Morgan fingerprint density at radius 3 is 2.55 bits per heavy atom. The van der Waals surface area contributed by atoms with Crippen molar-refractivity contribution in [2.75, 3.05) is 19.6 Å². The molecule has 0 spiro atoms. The van der Waals surface area contributed by atoms with Crippen LogP contribution in [0, 0.1) is 5.92 Å². The molecule has 1 aliphatic rings. The second-order valence-electron chi connectivity index (χ2n) is 5.36. The monoisotopic (exact) mass is 279 g/mol. The maximum Gasteiger partial charge on any atom is 0.328 e. The van der Waals surface area contributed by atoms with Crippen LogP contribution in [0.15, 0.2) is 15.8 Å². The molecule has 0 amide bonds. The lowest BCUT2D eigenvalue weighted by atomic mass is 9.96. The van der Waals surface area contributed by atoms with Crippen LogP contribution >= 0.6 is 0 Å². The Morgan fingerprint density at radius 2 is 2.00 bits per heavy atom. The van der Waals surface area contributed by atoms with Crippen molar-refractivity contribution in [2.24, 2.45) is 5.92 Å². The summed E-state index contributed by atoms with van der Waals surface area (Å²) >= 11 is 0. The van der Waals surface area contributed by atoms with Crippen molar-refractivity contribution in [3.8, 4) is 0 Å². The highest BCUT2D eigenvalue weighted by molar-refractivity contribution is 5.93. The molecule has 0 radical (unpaired) electrons. The fourth-order valence-corrected chi connectivity index (χ4v) is 2.67. The predicted molar refractivity (Wildman–Crippen MR) is 76.2 cm³/mol. The van der Waals surface area contributed by atoms with Crippen molar-refractivity contribution in [3.05, 3.63) is 32.6 Å². The first-order chi connectivity index (χ1) is 9.52. The topological polar surface area (TPSA) is 75.2 Å². The molecule has 1 saturated heterocycles. The Bertz CT molecular complexity index is 594. The quantitative estimate of drug-likeness (QED) is 0.813. The molecule has 0 aromatic carbocycles. The first-order valence-corrected chi connectivity index (χ1v) is 7.08. The number of likely N-dealkylation sites (tertiary alicyclic amines) is 1. The second-order valence-corrected chi connectivity index (χ2v) is 5.36. The van der Waals surface area contributed by atoms with Crippen molar-refractivity contribution in [1.29, 1.82) is 0 Å². The van der Waals surface area contributed by atoms with Crippen molar-refractivity contribution < 1.29 is 4.79 Å². The standard InChI is InChI=1S/C14H21N3O3/c1-3-16-6-4-11(5-7-16)9-17-13(19)12(10(2)18)8-15-14(17)20/h8,11H,3-7,9H2,1-2H3,(H,15,20). The fraction of sp³-hybridized carbons (Fsp3) is 0.643. The molecular formula is C14H21N3O3. The van der Waals surface area contributed by atoms with E-state index in [-0.39, 0.29) is 11.3 Å². The van der Waals surface area contributed by atoms with Crippen LogP contribution < -0.4 is 11.2 Å². The van der Waals surface area contributed by atoms with Crippen molar-refractivity contribution in [1.82, 2.24) is 14.5 Å². The Labute approximate surface area is 117 Å². The SMILES string of the molecule is CCN1CCC(Cn2c(=O)[nH]cc(C(C)=O)c2=O)CC1.